The van der Waals surface area contributed by atoms with Gasteiger partial charge in [-0.25, -0.2) is 9.97 Å². The molecule has 3 aromatic rings. The highest BCUT2D eigenvalue weighted by atomic mass is 32.1. The first kappa shape index (κ1) is 23.6. The maximum Gasteiger partial charge on any atom is 0.129 e. The van der Waals surface area contributed by atoms with Gasteiger partial charge in [0.1, 0.15) is 17.9 Å². The van der Waals surface area contributed by atoms with Crippen molar-refractivity contribution in [1.82, 2.24) is 20.3 Å². The number of aryl methyl sites for hydroxylation is 1. The summed E-state index contributed by atoms with van der Waals surface area (Å²) in [6.07, 6.45) is 7.45. The molecule has 0 aliphatic carbocycles. The third kappa shape index (κ3) is 6.43. The normalized spacial score (nSPS) is 11.4. The number of para-hydroxylation sites is 1. The van der Waals surface area contributed by atoms with E-state index in [0.717, 1.165) is 48.8 Å². The van der Waals surface area contributed by atoms with E-state index in [4.69, 9.17) is 4.74 Å². The van der Waals surface area contributed by atoms with Crippen LogP contribution in [0.3, 0.4) is 0 Å². The van der Waals surface area contributed by atoms with E-state index in [0.29, 0.717) is 0 Å². The molecule has 0 saturated carbocycles. The Bertz CT molecular complexity index is 921. The molecule has 0 bridgehead atoms. The number of rotatable bonds is 10. The molecule has 0 aliphatic heterocycles. The van der Waals surface area contributed by atoms with Crippen molar-refractivity contribution in [3.63, 3.8) is 0 Å². The van der Waals surface area contributed by atoms with Crippen LogP contribution in [-0.2, 0) is 6.42 Å². The van der Waals surface area contributed by atoms with Crippen LogP contribution in [0, 0.1) is 0 Å². The lowest BCUT2D eigenvalue weighted by Gasteiger charge is -2.16. The number of aromatic nitrogens is 3. The second-order valence-corrected chi connectivity index (χ2v) is 7.10. The molecular formula is C23H31N5OS. The van der Waals surface area contributed by atoms with Crippen LogP contribution in [0.1, 0.15) is 30.4 Å². The van der Waals surface area contributed by atoms with Crippen molar-refractivity contribution in [2.45, 2.75) is 25.7 Å². The molecule has 2 aromatic heterocycles. The van der Waals surface area contributed by atoms with Gasteiger partial charge in [0, 0.05) is 36.5 Å². The minimum atomic E-state index is 0. The molecule has 1 atom stereocenters. The first-order chi connectivity index (χ1) is 14.2. The fraction of sp³-hybridized carbons (Fsp3) is 0.348. The Labute approximate surface area is 186 Å². The molecule has 7 heteroatoms. The van der Waals surface area contributed by atoms with Crippen molar-refractivity contribution in [1.29, 1.82) is 0 Å². The zero-order chi connectivity index (χ0) is 20.5. The smallest absolute Gasteiger partial charge is 0.129 e. The average molecular weight is 426 g/mol. The summed E-state index contributed by atoms with van der Waals surface area (Å²) in [6.45, 7) is 3.92. The summed E-state index contributed by atoms with van der Waals surface area (Å²) in [7, 11) is 3.68. The van der Waals surface area contributed by atoms with Crippen LogP contribution in [0.2, 0.25) is 0 Å². The van der Waals surface area contributed by atoms with Gasteiger partial charge in [0.25, 0.3) is 0 Å². The lowest BCUT2D eigenvalue weighted by molar-refractivity contribution is 0.407. The summed E-state index contributed by atoms with van der Waals surface area (Å²) in [4.78, 5) is 13.2. The van der Waals surface area contributed by atoms with E-state index in [1.807, 2.05) is 43.7 Å². The molecule has 0 amide bonds. The van der Waals surface area contributed by atoms with Crippen molar-refractivity contribution in [2.24, 2.45) is 0 Å². The SMILES string of the molecule is CNCCCc1cncc(-c2cc(NC[C@@H](C)c3ccccc3OC)ncn2)c1.S. The summed E-state index contributed by atoms with van der Waals surface area (Å²) in [5, 5.41) is 6.60. The highest BCUT2D eigenvalue weighted by molar-refractivity contribution is 7.59. The molecular weight excluding hydrogens is 394 g/mol. The average Bonchev–Trinajstić information content (AvgIpc) is 2.78. The number of hydrogen-bond donors (Lipinski definition) is 2. The number of hydrogen-bond acceptors (Lipinski definition) is 6. The van der Waals surface area contributed by atoms with Crippen LogP contribution >= 0.6 is 13.5 Å². The number of ether oxygens (including phenoxy) is 1. The fourth-order valence-electron chi connectivity index (χ4n) is 3.29. The molecule has 0 spiro atoms. The van der Waals surface area contributed by atoms with Gasteiger partial charge in [-0.15, -0.1) is 0 Å². The lowest BCUT2D eigenvalue weighted by atomic mass is 10.00. The van der Waals surface area contributed by atoms with Gasteiger partial charge >= 0.3 is 0 Å². The van der Waals surface area contributed by atoms with Crippen LogP contribution in [-0.4, -0.2) is 42.2 Å². The Morgan fingerprint density at radius 2 is 1.93 bits per heavy atom. The van der Waals surface area contributed by atoms with Crippen molar-refractivity contribution in [3.8, 4) is 17.0 Å². The summed E-state index contributed by atoms with van der Waals surface area (Å²) in [6, 6.07) is 12.2. The van der Waals surface area contributed by atoms with Gasteiger partial charge in [0.2, 0.25) is 0 Å². The molecule has 2 heterocycles. The fourth-order valence-corrected chi connectivity index (χ4v) is 3.29. The zero-order valence-electron chi connectivity index (χ0n) is 17.9. The molecule has 0 unspecified atom stereocenters. The first-order valence-corrected chi connectivity index (χ1v) is 9.99. The molecule has 2 N–H and O–H groups in total. The van der Waals surface area contributed by atoms with Gasteiger partial charge in [0.15, 0.2) is 0 Å². The van der Waals surface area contributed by atoms with E-state index in [-0.39, 0.29) is 19.4 Å². The molecule has 6 nitrogen and oxygen atoms in total. The van der Waals surface area contributed by atoms with Gasteiger partial charge < -0.3 is 15.4 Å². The van der Waals surface area contributed by atoms with Gasteiger partial charge in [-0.05, 0) is 49.7 Å². The molecule has 0 aliphatic rings. The number of benzene rings is 1. The minimum Gasteiger partial charge on any atom is -0.496 e. The predicted octanol–water partition coefficient (Wildman–Crippen LogP) is 4.03. The predicted molar refractivity (Wildman–Crippen MR) is 128 cm³/mol. The third-order valence-electron chi connectivity index (χ3n) is 4.91. The Balaban J connectivity index is 0.00000320. The van der Waals surface area contributed by atoms with E-state index in [9.17, 15) is 0 Å². The molecule has 160 valence electrons. The first-order valence-electron chi connectivity index (χ1n) is 9.99. The van der Waals surface area contributed by atoms with Crippen LogP contribution in [0.5, 0.6) is 5.75 Å². The maximum absolute atomic E-state index is 5.48. The number of nitrogens with zero attached hydrogens (tertiary/aromatic N) is 3. The highest BCUT2D eigenvalue weighted by Crippen LogP contribution is 2.26. The Morgan fingerprint density at radius 3 is 2.73 bits per heavy atom. The highest BCUT2D eigenvalue weighted by Gasteiger charge is 2.11. The summed E-state index contributed by atoms with van der Waals surface area (Å²) >= 11 is 0. The van der Waals surface area contributed by atoms with Crippen LogP contribution < -0.4 is 15.4 Å². The van der Waals surface area contributed by atoms with E-state index < -0.39 is 0 Å². The van der Waals surface area contributed by atoms with E-state index in [1.54, 1.807) is 13.4 Å². The lowest BCUT2D eigenvalue weighted by Crippen LogP contribution is -2.12. The number of anilines is 1. The number of nitrogens with one attached hydrogen (secondary N) is 2. The van der Waals surface area contributed by atoms with E-state index in [1.165, 1.54) is 11.1 Å². The van der Waals surface area contributed by atoms with Gasteiger partial charge in [-0.1, -0.05) is 25.1 Å². The molecule has 3 rings (SSSR count). The molecule has 30 heavy (non-hydrogen) atoms. The molecule has 1 aromatic carbocycles. The second kappa shape index (κ2) is 12.1. The van der Waals surface area contributed by atoms with Crippen molar-refractivity contribution in [2.75, 3.05) is 32.6 Å². The molecule has 0 radical (unpaired) electrons. The largest absolute Gasteiger partial charge is 0.496 e. The van der Waals surface area contributed by atoms with Crippen molar-refractivity contribution in [3.05, 3.63) is 66.2 Å². The topological polar surface area (TPSA) is 72.0 Å². The quantitative estimate of drug-likeness (QED) is 0.478. The Hall–Kier alpha value is -2.64. The standard InChI is InChI=1S/C23H29N5O.H2S/c1-17(20-8-4-5-9-22(20)29-3)13-26-23-12-21(27-16-28-23)19-11-18(14-25-15-19)7-6-10-24-2;/h4-5,8-9,11-12,14-17,24H,6-7,10,13H2,1-3H3,(H,26,27,28);1H2/t17-;/m1./s1. The monoisotopic (exact) mass is 425 g/mol. The molecule has 0 saturated heterocycles. The van der Waals surface area contributed by atoms with Gasteiger partial charge in [-0.2, -0.15) is 13.5 Å². The van der Waals surface area contributed by atoms with Gasteiger partial charge in [0.05, 0.1) is 12.8 Å². The van der Waals surface area contributed by atoms with Crippen molar-refractivity contribution < 1.29 is 4.74 Å². The molecule has 0 fully saturated rings. The van der Waals surface area contributed by atoms with Crippen molar-refractivity contribution >= 4 is 19.3 Å². The second-order valence-electron chi connectivity index (χ2n) is 7.10. The zero-order valence-corrected chi connectivity index (χ0v) is 18.9. The van der Waals surface area contributed by atoms with E-state index in [2.05, 4.69) is 44.6 Å². The summed E-state index contributed by atoms with van der Waals surface area (Å²) in [5.74, 6) is 1.99. The summed E-state index contributed by atoms with van der Waals surface area (Å²) in [5.41, 5.74) is 4.27. The van der Waals surface area contributed by atoms with E-state index >= 15 is 0 Å². The maximum atomic E-state index is 5.48. The van der Waals surface area contributed by atoms with Gasteiger partial charge in [-0.3, -0.25) is 4.98 Å². The summed E-state index contributed by atoms with van der Waals surface area (Å²) < 4.78 is 5.48. The van der Waals surface area contributed by atoms with Crippen LogP contribution in [0.15, 0.2) is 55.1 Å². The van der Waals surface area contributed by atoms with Crippen LogP contribution in [0.4, 0.5) is 5.82 Å². The number of pyridine rings is 1. The minimum absolute atomic E-state index is 0. The third-order valence-corrected chi connectivity index (χ3v) is 4.91. The number of methoxy groups -OCH3 is 1. The Morgan fingerprint density at radius 1 is 1.10 bits per heavy atom. The Kier molecular flexibility index (Phi) is 9.57. The van der Waals surface area contributed by atoms with Crippen LogP contribution in [0.25, 0.3) is 11.3 Å².